The molecule has 48 valence electrons. The van der Waals surface area contributed by atoms with Crippen molar-refractivity contribution in [1.29, 1.82) is 0 Å². The smallest absolute Gasteiger partial charge is 0.244 e. The van der Waals surface area contributed by atoms with E-state index >= 15 is 0 Å². The average molecular weight is 125 g/mol. The predicted molar refractivity (Wildman–Crippen MR) is 31.8 cm³/mol. The highest BCUT2D eigenvalue weighted by Gasteiger charge is 2.12. The van der Waals surface area contributed by atoms with Gasteiger partial charge in [0.25, 0.3) is 0 Å². The highest BCUT2D eigenvalue weighted by Crippen LogP contribution is 1.97. The number of rotatable bonds is 0. The maximum Gasteiger partial charge on any atom is 0.244 e. The van der Waals surface area contributed by atoms with Crippen LogP contribution in [0.4, 0.5) is 0 Å². The van der Waals surface area contributed by atoms with Crippen molar-refractivity contribution in [2.75, 3.05) is 6.54 Å². The minimum Gasteiger partial charge on any atom is -0.345 e. The molecule has 1 aliphatic rings. The second-order valence-electron chi connectivity index (χ2n) is 1.97. The van der Waals surface area contributed by atoms with Gasteiger partial charge in [0, 0.05) is 6.08 Å². The fourth-order valence-corrected chi connectivity index (χ4v) is 0.635. The van der Waals surface area contributed by atoms with Crippen LogP contribution in [0.5, 0.6) is 0 Å². The summed E-state index contributed by atoms with van der Waals surface area (Å²) in [5.74, 6) is -0.179. The van der Waals surface area contributed by atoms with Crippen LogP contribution in [0, 0.1) is 0 Å². The van der Waals surface area contributed by atoms with Gasteiger partial charge in [0.15, 0.2) is 5.78 Å². The van der Waals surface area contributed by atoms with E-state index in [1.165, 1.54) is 6.08 Å². The molecule has 0 unspecified atom stereocenters. The Labute approximate surface area is 52.7 Å². The third kappa shape index (κ3) is 1.16. The molecule has 0 saturated carbocycles. The molecule has 0 aliphatic carbocycles. The van der Waals surface area contributed by atoms with Gasteiger partial charge in [0.05, 0.1) is 6.54 Å². The fraction of sp³-hybridized carbons (Fsp3) is 0.333. The molecule has 1 aliphatic heterocycles. The van der Waals surface area contributed by atoms with E-state index < -0.39 is 0 Å². The zero-order valence-electron chi connectivity index (χ0n) is 5.10. The van der Waals surface area contributed by atoms with Crippen LogP contribution >= 0.6 is 0 Å². The Bertz CT molecular complexity index is 193. The number of carbonyl (C=O) groups excluding carboxylic acids is 2. The molecule has 9 heavy (non-hydrogen) atoms. The van der Waals surface area contributed by atoms with Gasteiger partial charge in [-0.1, -0.05) is 0 Å². The molecule has 0 radical (unpaired) electrons. The van der Waals surface area contributed by atoms with E-state index in [-0.39, 0.29) is 18.2 Å². The summed E-state index contributed by atoms with van der Waals surface area (Å²) in [5, 5.41) is 2.40. The Kier molecular flexibility index (Phi) is 1.34. The summed E-state index contributed by atoms with van der Waals surface area (Å²) in [6.07, 6.45) is 1.31. The lowest BCUT2D eigenvalue weighted by Crippen LogP contribution is -2.33. The number of hydrogen-bond donors (Lipinski definition) is 1. The molecule has 1 amide bonds. The lowest BCUT2D eigenvalue weighted by molar-refractivity contribution is -0.122. The monoisotopic (exact) mass is 125 g/mol. The van der Waals surface area contributed by atoms with Crippen LogP contribution in [0.15, 0.2) is 11.6 Å². The molecule has 0 aromatic carbocycles. The van der Waals surface area contributed by atoms with Crippen molar-refractivity contribution in [3.63, 3.8) is 0 Å². The lowest BCUT2D eigenvalue weighted by Gasteiger charge is -2.07. The van der Waals surface area contributed by atoms with Gasteiger partial charge in [-0.25, -0.2) is 0 Å². The van der Waals surface area contributed by atoms with E-state index in [0.717, 1.165) is 0 Å². The van der Waals surface area contributed by atoms with Crippen molar-refractivity contribution in [2.45, 2.75) is 6.92 Å². The van der Waals surface area contributed by atoms with Crippen LogP contribution in [-0.2, 0) is 9.59 Å². The molecule has 0 saturated heterocycles. The molecule has 3 nitrogen and oxygen atoms in total. The molecular weight excluding hydrogens is 118 g/mol. The molecule has 0 fully saturated rings. The zero-order valence-corrected chi connectivity index (χ0v) is 5.10. The second-order valence-corrected chi connectivity index (χ2v) is 1.97. The minimum absolute atomic E-state index is 0.00500. The number of Topliss-reactive ketones (excluding diaryl/α,β-unsaturated/α-hetero) is 1. The third-order valence-corrected chi connectivity index (χ3v) is 1.21. The fourth-order valence-electron chi connectivity index (χ4n) is 0.635. The summed E-state index contributed by atoms with van der Waals surface area (Å²) in [6.45, 7) is 1.79. The number of nitrogens with one attached hydrogen (secondary N) is 1. The Morgan fingerprint density at radius 1 is 1.56 bits per heavy atom. The summed E-state index contributed by atoms with van der Waals surface area (Å²) < 4.78 is 0. The first kappa shape index (κ1) is 6.01. The topological polar surface area (TPSA) is 46.2 Å². The molecule has 0 spiro atoms. The number of carbonyl (C=O) groups is 2. The number of ketones is 1. The summed E-state index contributed by atoms with van der Waals surface area (Å²) in [6, 6.07) is 0. The van der Waals surface area contributed by atoms with Crippen molar-refractivity contribution in [3.8, 4) is 0 Å². The molecule has 0 atom stereocenters. The van der Waals surface area contributed by atoms with Crippen molar-refractivity contribution < 1.29 is 9.59 Å². The van der Waals surface area contributed by atoms with Crippen molar-refractivity contribution >= 4 is 11.7 Å². The molecule has 0 aromatic rings. The summed E-state index contributed by atoms with van der Waals surface area (Å²) >= 11 is 0. The maximum absolute atomic E-state index is 10.7. The van der Waals surface area contributed by atoms with Crippen molar-refractivity contribution in [1.82, 2.24) is 5.32 Å². The van der Waals surface area contributed by atoms with Crippen molar-refractivity contribution in [2.24, 2.45) is 0 Å². The third-order valence-electron chi connectivity index (χ3n) is 1.21. The predicted octanol–water partition coefficient (Wildman–Crippen LogP) is -0.368. The zero-order chi connectivity index (χ0) is 6.85. The van der Waals surface area contributed by atoms with E-state index in [9.17, 15) is 9.59 Å². The second kappa shape index (κ2) is 2.01. The van der Waals surface area contributed by atoms with E-state index in [1.807, 2.05) is 0 Å². The first-order valence-corrected chi connectivity index (χ1v) is 2.69. The summed E-state index contributed by atoms with van der Waals surface area (Å²) in [7, 11) is 0. The van der Waals surface area contributed by atoms with Gasteiger partial charge in [0.1, 0.15) is 0 Å². The van der Waals surface area contributed by atoms with Crippen LogP contribution in [0.3, 0.4) is 0 Å². The standard InChI is InChI=1S/C6H7NO2/c1-4-2-6(9)7-3-5(4)8/h2H,3H2,1H3,(H,7,9). The minimum atomic E-state index is -0.174. The van der Waals surface area contributed by atoms with E-state index in [1.54, 1.807) is 6.92 Å². The Morgan fingerprint density at radius 3 is 2.67 bits per heavy atom. The van der Waals surface area contributed by atoms with Gasteiger partial charge in [-0.3, -0.25) is 9.59 Å². The van der Waals surface area contributed by atoms with E-state index in [4.69, 9.17) is 0 Å². The Morgan fingerprint density at radius 2 is 2.22 bits per heavy atom. The van der Waals surface area contributed by atoms with Crippen LogP contribution in [0.25, 0.3) is 0 Å². The molecule has 1 heterocycles. The molecule has 0 aromatic heterocycles. The van der Waals surface area contributed by atoms with Crippen LogP contribution in [-0.4, -0.2) is 18.2 Å². The van der Waals surface area contributed by atoms with Crippen LogP contribution in [0.1, 0.15) is 6.92 Å². The van der Waals surface area contributed by atoms with Crippen molar-refractivity contribution in [3.05, 3.63) is 11.6 Å². The highest BCUT2D eigenvalue weighted by atomic mass is 16.2. The normalized spacial score (nSPS) is 19.0. The first-order chi connectivity index (χ1) is 4.20. The SMILES string of the molecule is CC1=CC(=O)NCC1=O. The molecule has 1 rings (SSSR count). The van der Waals surface area contributed by atoms with Gasteiger partial charge < -0.3 is 5.32 Å². The molecular formula is C6H7NO2. The van der Waals surface area contributed by atoms with Gasteiger partial charge in [0.2, 0.25) is 5.91 Å². The average Bonchev–Trinajstić information content (AvgIpc) is 1.80. The summed E-state index contributed by atoms with van der Waals surface area (Å²) in [4.78, 5) is 21.1. The van der Waals surface area contributed by atoms with Crippen LogP contribution in [0.2, 0.25) is 0 Å². The van der Waals surface area contributed by atoms with E-state index in [0.29, 0.717) is 5.57 Å². The molecule has 1 N–H and O–H groups in total. The van der Waals surface area contributed by atoms with Gasteiger partial charge in [-0.05, 0) is 12.5 Å². The quantitative estimate of drug-likeness (QED) is 0.480. The molecule has 0 bridgehead atoms. The maximum atomic E-state index is 10.7. The highest BCUT2D eigenvalue weighted by molar-refractivity contribution is 6.07. The van der Waals surface area contributed by atoms with Crippen LogP contribution < -0.4 is 5.32 Å². The Balaban J connectivity index is 2.84. The lowest BCUT2D eigenvalue weighted by atomic mass is 10.1. The summed E-state index contributed by atoms with van der Waals surface area (Å²) in [5.41, 5.74) is 0.541. The molecule has 3 heteroatoms. The largest absolute Gasteiger partial charge is 0.345 e. The van der Waals surface area contributed by atoms with E-state index in [2.05, 4.69) is 5.32 Å². The van der Waals surface area contributed by atoms with Gasteiger partial charge in [-0.2, -0.15) is 0 Å². The van der Waals surface area contributed by atoms with Gasteiger partial charge >= 0.3 is 0 Å². The Hall–Kier alpha value is -1.12. The number of amides is 1. The number of hydrogen-bond acceptors (Lipinski definition) is 2. The van der Waals surface area contributed by atoms with Gasteiger partial charge in [-0.15, -0.1) is 0 Å². The first-order valence-electron chi connectivity index (χ1n) is 2.69.